The predicted molar refractivity (Wildman–Crippen MR) is 76.8 cm³/mol. The predicted octanol–water partition coefficient (Wildman–Crippen LogP) is 3.37. The number of aromatic nitrogens is 2. The molecule has 0 atom stereocenters. The molecule has 1 amide bonds. The van der Waals surface area contributed by atoms with E-state index in [1.807, 2.05) is 45.0 Å². The first kappa shape index (κ1) is 13.3. The van der Waals surface area contributed by atoms with Crippen LogP contribution in [0.3, 0.4) is 0 Å². The van der Waals surface area contributed by atoms with Crippen molar-refractivity contribution in [3.8, 4) is 11.3 Å². The molecule has 0 aliphatic rings. The molecule has 1 heterocycles. The van der Waals surface area contributed by atoms with Gasteiger partial charge in [-0.2, -0.15) is 0 Å². The first-order valence-electron chi connectivity index (χ1n) is 6.46. The molecule has 0 saturated heterocycles. The molecular weight excluding hydrogens is 238 g/mol. The summed E-state index contributed by atoms with van der Waals surface area (Å²) in [5.74, 6) is 1.29. The number of imidazole rings is 1. The van der Waals surface area contributed by atoms with Crippen molar-refractivity contribution in [2.75, 3.05) is 5.32 Å². The highest BCUT2D eigenvalue weighted by Crippen LogP contribution is 2.21. The third-order valence-corrected chi connectivity index (χ3v) is 2.75. The van der Waals surface area contributed by atoms with Crippen molar-refractivity contribution >= 4 is 11.6 Å². The van der Waals surface area contributed by atoms with Crippen LogP contribution in [0.2, 0.25) is 0 Å². The molecule has 19 heavy (non-hydrogen) atoms. The first-order valence-corrected chi connectivity index (χ1v) is 6.46. The molecule has 0 unspecified atom stereocenters. The highest BCUT2D eigenvalue weighted by molar-refractivity contribution is 5.91. The maximum absolute atomic E-state index is 11.7. The molecule has 0 aliphatic heterocycles. The van der Waals surface area contributed by atoms with Crippen molar-refractivity contribution in [1.29, 1.82) is 0 Å². The number of H-pyrrole nitrogens is 1. The van der Waals surface area contributed by atoms with Crippen molar-refractivity contribution in [2.45, 2.75) is 27.2 Å². The van der Waals surface area contributed by atoms with Gasteiger partial charge in [0.1, 0.15) is 5.82 Å². The van der Waals surface area contributed by atoms with Crippen molar-refractivity contribution in [3.63, 3.8) is 0 Å². The van der Waals surface area contributed by atoms with Crippen LogP contribution < -0.4 is 5.32 Å². The number of aromatic amines is 1. The van der Waals surface area contributed by atoms with Crippen molar-refractivity contribution in [1.82, 2.24) is 9.97 Å². The maximum atomic E-state index is 11.7. The van der Waals surface area contributed by atoms with Gasteiger partial charge >= 0.3 is 0 Å². The number of rotatable bonds is 4. The smallest absolute Gasteiger partial charge is 0.224 e. The Morgan fingerprint density at radius 3 is 2.84 bits per heavy atom. The summed E-state index contributed by atoms with van der Waals surface area (Å²) in [6.07, 6.45) is 2.33. The molecule has 1 aromatic heterocycles. The lowest BCUT2D eigenvalue weighted by atomic mass is 10.1. The summed E-state index contributed by atoms with van der Waals surface area (Å²) >= 11 is 0. The molecule has 2 N–H and O–H groups in total. The average Bonchev–Trinajstić information content (AvgIpc) is 2.75. The number of hydrogen-bond donors (Lipinski definition) is 2. The number of carbonyl (C=O) groups is 1. The second kappa shape index (κ2) is 5.69. The Balaban J connectivity index is 2.13. The molecule has 0 spiro atoms. The van der Waals surface area contributed by atoms with Gasteiger partial charge in [0.25, 0.3) is 0 Å². The maximum Gasteiger partial charge on any atom is 0.224 e. The van der Waals surface area contributed by atoms with E-state index in [4.69, 9.17) is 0 Å². The minimum atomic E-state index is 0.0490. The SMILES string of the molecule is Cc1ncc(-c2cccc(NC(=O)CC(C)C)c2)[nH]1. The number of nitrogens with zero attached hydrogens (tertiary/aromatic N) is 1. The van der Waals surface area contributed by atoms with Gasteiger partial charge < -0.3 is 10.3 Å². The van der Waals surface area contributed by atoms with Crippen LogP contribution in [0.5, 0.6) is 0 Å². The second-order valence-electron chi connectivity index (χ2n) is 5.11. The Bertz CT molecular complexity index is 572. The van der Waals surface area contributed by atoms with Crippen LogP contribution in [0.1, 0.15) is 26.1 Å². The number of anilines is 1. The fraction of sp³-hybridized carbons (Fsp3) is 0.333. The molecule has 4 nitrogen and oxygen atoms in total. The van der Waals surface area contributed by atoms with Crippen LogP contribution in [-0.4, -0.2) is 15.9 Å². The van der Waals surface area contributed by atoms with E-state index in [1.54, 1.807) is 6.20 Å². The number of benzene rings is 1. The normalized spacial score (nSPS) is 10.7. The molecule has 0 bridgehead atoms. The van der Waals surface area contributed by atoms with E-state index in [-0.39, 0.29) is 5.91 Å². The zero-order valence-corrected chi connectivity index (χ0v) is 11.5. The molecule has 4 heteroatoms. The number of amides is 1. The van der Waals surface area contributed by atoms with E-state index in [2.05, 4.69) is 15.3 Å². The fourth-order valence-electron chi connectivity index (χ4n) is 1.91. The minimum Gasteiger partial charge on any atom is -0.342 e. The number of carbonyl (C=O) groups excluding carboxylic acids is 1. The van der Waals surface area contributed by atoms with Crippen molar-refractivity contribution < 1.29 is 4.79 Å². The quantitative estimate of drug-likeness (QED) is 0.882. The fourth-order valence-corrected chi connectivity index (χ4v) is 1.91. The van der Waals surface area contributed by atoms with Gasteiger partial charge in [-0.15, -0.1) is 0 Å². The van der Waals surface area contributed by atoms with Crippen LogP contribution in [0.25, 0.3) is 11.3 Å². The minimum absolute atomic E-state index is 0.0490. The van der Waals surface area contributed by atoms with Crippen molar-refractivity contribution in [2.24, 2.45) is 5.92 Å². The van der Waals surface area contributed by atoms with E-state index in [0.29, 0.717) is 12.3 Å². The molecular formula is C15H19N3O. The zero-order valence-electron chi connectivity index (χ0n) is 11.5. The lowest BCUT2D eigenvalue weighted by Crippen LogP contribution is -2.13. The standard InChI is InChI=1S/C15H19N3O/c1-10(2)7-15(19)18-13-6-4-5-12(8-13)14-9-16-11(3)17-14/h4-6,8-10H,7H2,1-3H3,(H,16,17)(H,18,19). The van der Waals surface area contributed by atoms with E-state index in [1.165, 1.54) is 0 Å². The van der Waals surface area contributed by atoms with E-state index in [9.17, 15) is 4.79 Å². The summed E-state index contributed by atoms with van der Waals surface area (Å²) in [4.78, 5) is 19.1. The summed E-state index contributed by atoms with van der Waals surface area (Å²) in [6.45, 7) is 5.98. The van der Waals surface area contributed by atoms with Gasteiger partial charge in [-0.3, -0.25) is 4.79 Å². The molecule has 1 aromatic carbocycles. The van der Waals surface area contributed by atoms with Gasteiger partial charge in [0, 0.05) is 17.7 Å². The monoisotopic (exact) mass is 257 g/mol. The number of nitrogens with one attached hydrogen (secondary N) is 2. The number of hydrogen-bond acceptors (Lipinski definition) is 2. The third-order valence-electron chi connectivity index (χ3n) is 2.75. The largest absolute Gasteiger partial charge is 0.342 e. The van der Waals surface area contributed by atoms with Crippen LogP contribution in [0.15, 0.2) is 30.5 Å². The molecule has 2 aromatic rings. The summed E-state index contributed by atoms with van der Waals surface area (Å²) in [5.41, 5.74) is 2.79. The zero-order chi connectivity index (χ0) is 13.8. The van der Waals surface area contributed by atoms with Gasteiger partial charge in [-0.05, 0) is 25.0 Å². The lowest BCUT2D eigenvalue weighted by Gasteiger charge is -2.08. The Kier molecular flexibility index (Phi) is 4.00. The molecule has 2 rings (SSSR count). The summed E-state index contributed by atoms with van der Waals surface area (Å²) < 4.78 is 0. The van der Waals surface area contributed by atoms with E-state index < -0.39 is 0 Å². The topological polar surface area (TPSA) is 57.8 Å². The second-order valence-corrected chi connectivity index (χ2v) is 5.11. The molecule has 100 valence electrons. The van der Waals surface area contributed by atoms with Gasteiger partial charge in [0.05, 0.1) is 11.9 Å². The van der Waals surface area contributed by atoms with Crippen LogP contribution in [0.4, 0.5) is 5.69 Å². The van der Waals surface area contributed by atoms with E-state index >= 15 is 0 Å². The van der Waals surface area contributed by atoms with E-state index in [0.717, 1.165) is 22.8 Å². The van der Waals surface area contributed by atoms with Gasteiger partial charge in [0.15, 0.2) is 0 Å². The third kappa shape index (κ3) is 3.68. The summed E-state index contributed by atoms with van der Waals surface area (Å²) in [5, 5.41) is 2.92. The number of aryl methyl sites for hydroxylation is 1. The first-order chi connectivity index (χ1) is 9.04. The molecule has 0 radical (unpaired) electrons. The van der Waals surface area contributed by atoms with Gasteiger partial charge in [0.2, 0.25) is 5.91 Å². The van der Waals surface area contributed by atoms with Crippen LogP contribution >= 0.6 is 0 Å². The Morgan fingerprint density at radius 2 is 2.21 bits per heavy atom. The Labute approximate surface area is 113 Å². The molecule has 0 aliphatic carbocycles. The Hall–Kier alpha value is -2.10. The summed E-state index contributed by atoms with van der Waals surface area (Å²) in [6, 6.07) is 7.76. The Morgan fingerprint density at radius 1 is 1.42 bits per heavy atom. The average molecular weight is 257 g/mol. The lowest BCUT2D eigenvalue weighted by molar-refractivity contribution is -0.116. The molecule has 0 saturated carbocycles. The van der Waals surface area contributed by atoms with Crippen LogP contribution in [-0.2, 0) is 4.79 Å². The molecule has 0 fully saturated rings. The van der Waals surface area contributed by atoms with Gasteiger partial charge in [-0.25, -0.2) is 4.98 Å². The van der Waals surface area contributed by atoms with Gasteiger partial charge in [-0.1, -0.05) is 26.0 Å². The highest BCUT2D eigenvalue weighted by atomic mass is 16.1. The summed E-state index contributed by atoms with van der Waals surface area (Å²) in [7, 11) is 0. The van der Waals surface area contributed by atoms with Crippen LogP contribution in [0, 0.1) is 12.8 Å². The van der Waals surface area contributed by atoms with Crippen molar-refractivity contribution in [3.05, 3.63) is 36.3 Å². The highest BCUT2D eigenvalue weighted by Gasteiger charge is 2.06.